The highest BCUT2D eigenvalue weighted by atomic mass is 15.2. The minimum atomic E-state index is 0.948. The number of hydrogen-bond donors (Lipinski definition) is 0. The SMILES string of the molecule is c1ccc2c(c1)Cc1cc3c(cc1-2)Cc1cc2c(cc1-3)Cc1cncc3c1N2c1ccccc1C3. The molecule has 4 aromatic carbocycles. The maximum absolute atomic E-state index is 4.62. The van der Waals surface area contributed by atoms with Crippen LogP contribution in [0.25, 0.3) is 22.3 Å². The molecule has 9 rings (SSSR count). The van der Waals surface area contributed by atoms with Crippen molar-refractivity contribution in [1.29, 1.82) is 0 Å². The summed E-state index contributed by atoms with van der Waals surface area (Å²) in [5, 5.41) is 0. The van der Waals surface area contributed by atoms with Crippen LogP contribution in [-0.2, 0) is 25.7 Å². The van der Waals surface area contributed by atoms with Crippen molar-refractivity contribution < 1.29 is 0 Å². The first-order chi connectivity index (χ1) is 17.3. The number of benzene rings is 4. The molecule has 1 aromatic heterocycles. The Labute approximate surface area is 204 Å². The third-order valence-electron chi connectivity index (χ3n) is 8.52. The molecule has 4 aliphatic rings. The number of fused-ring (bicyclic) bond motifs is 10. The fraction of sp³-hybridized carbons (Fsp3) is 0.121. The Hall–Kier alpha value is -4.17. The standard InChI is InChI=1S/C33H22N2/c1-3-7-27-19(5-1)9-21-14-29-22(13-28(21)27)11-23-16-32-24(15-30(23)29)12-26-18-34-17-25-10-20-6-2-4-8-31(20)35(32)33(25)26/h1-8,13-18H,9-12H2. The molecule has 0 unspecified atom stereocenters. The Morgan fingerprint density at radius 1 is 0.457 bits per heavy atom. The summed E-state index contributed by atoms with van der Waals surface area (Å²) in [4.78, 5) is 7.14. The average molecular weight is 447 g/mol. The predicted octanol–water partition coefficient (Wildman–Crippen LogP) is 7.50. The van der Waals surface area contributed by atoms with Crippen LogP contribution in [0.4, 0.5) is 17.1 Å². The van der Waals surface area contributed by atoms with Crippen molar-refractivity contribution in [3.8, 4) is 22.3 Å². The van der Waals surface area contributed by atoms with Crippen LogP contribution in [-0.4, -0.2) is 4.98 Å². The molecule has 2 heteroatoms. The topological polar surface area (TPSA) is 16.1 Å². The molecule has 2 aliphatic carbocycles. The van der Waals surface area contributed by atoms with Gasteiger partial charge in [0.1, 0.15) is 0 Å². The van der Waals surface area contributed by atoms with Gasteiger partial charge in [-0.3, -0.25) is 4.98 Å². The van der Waals surface area contributed by atoms with Gasteiger partial charge >= 0.3 is 0 Å². The molecule has 0 amide bonds. The second-order valence-electron chi connectivity index (χ2n) is 10.4. The highest BCUT2D eigenvalue weighted by molar-refractivity contribution is 5.92. The van der Waals surface area contributed by atoms with Gasteiger partial charge in [-0.15, -0.1) is 0 Å². The van der Waals surface area contributed by atoms with Crippen LogP contribution in [0.15, 0.2) is 85.2 Å². The van der Waals surface area contributed by atoms with E-state index >= 15 is 0 Å². The van der Waals surface area contributed by atoms with Crippen molar-refractivity contribution in [1.82, 2.24) is 4.98 Å². The van der Waals surface area contributed by atoms with Gasteiger partial charge in [0.25, 0.3) is 0 Å². The maximum Gasteiger partial charge on any atom is 0.0563 e. The molecule has 0 bridgehead atoms. The van der Waals surface area contributed by atoms with Crippen LogP contribution in [0.2, 0.25) is 0 Å². The van der Waals surface area contributed by atoms with Gasteiger partial charge in [0, 0.05) is 30.9 Å². The molecule has 0 spiro atoms. The minimum Gasteiger partial charge on any atom is -0.309 e. The largest absolute Gasteiger partial charge is 0.309 e. The Balaban J connectivity index is 1.23. The van der Waals surface area contributed by atoms with Crippen LogP contribution < -0.4 is 4.90 Å². The van der Waals surface area contributed by atoms with Gasteiger partial charge in [0.15, 0.2) is 0 Å². The summed E-state index contributed by atoms with van der Waals surface area (Å²) in [6.07, 6.45) is 8.11. The molecule has 0 N–H and O–H groups in total. The molecule has 164 valence electrons. The minimum absolute atomic E-state index is 0.948. The summed E-state index contributed by atoms with van der Waals surface area (Å²) in [6, 6.07) is 27.7. The monoisotopic (exact) mass is 446 g/mol. The zero-order valence-electron chi connectivity index (χ0n) is 19.3. The van der Waals surface area contributed by atoms with Crippen LogP contribution in [0.3, 0.4) is 0 Å². The molecule has 3 heterocycles. The van der Waals surface area contributed by atoms with Crippen LogP contribution in [0.1, 0.15) is 44.5 Å². The van der Waals surface area contributed by atoms with E-state index in [2.05, 4.69) is 95.1 Å². The van der Waals surface area contributed by atoms with E-state index in [1.54, 1.807) is 0 Å². The van der Waals surface area contributed by atoms with Gasteiger partial charge in [-0.25, -0.2) is 0 Å². The quantitative estimate of drug-likeness (QED) is 0.240. The normalized spacial score (nSPS) is 14.9. The maximum atomic E-state index is 4.62. The molecule has 5 aromatic rings. The first-order valence-corrected chi connectivity index (χ1v) is 12.6. The summed E-state index contributed by atoms with van der Waals surface area (Å²) < 4.78 is 0. The van der Waals surface area contributed by atoms with Gasteiger partial charge in [-0.1, -0.05) is 42.5 Å². The lowest BCUT2D eigenvalue weighted by molar-refractivity contribution is 0.984. The van der Waals surface area contributed by atoms with Crippen LogP contribution >= 0.6 is 0 Å². The molecule has 0 saturated carbocycles. The number of pyridine rings is 1. The number of nitrogens with zero attached hydrogens (tertiary/aromatic N) is 2. The van der Waals surface area contributed by atoms with Gasteiger partial charge in [0.05, 0.1) is 11.4 Å². The number of rotatable bonds is 0. The molecule has 0 fully saturated rings. The number of hydrogen-bond acceptors (Lipinski definition) is 2. The van der Waals surface area contributed by atoms with Gasteiger partial charge < -0.3 is 4.90 Å². The predicted molar refractivity (Wildman–Crippen MR) is 141 cm³/mol. The lowest BCUT2D eigenvalue weighted by Gasteiger charge is -2.39. The third kappa shape index (κ3) is 2.32. The zero-order valence-corrected chi connectivity index (χ0v) is 19.3. The molecule has 0 radical (unpaired) electrons. The van der Waals surface area contributed by atoms with E-state index in [-0.39, 0.29) is 0 Å². The van der Waals surface area contributed by atoms with Gasteiger partial charge in [-0.05, 0) is 110 Å². The van der Waals surface area contributed by atoms with E-state index in [4.69, 9.17) is 0 Å². The van der Waals surface area contributed by atoms with Crippen molar-refractivity contribution in [2.24, 2.45) is 0 Å². The first-order valence-electron chi connectivity index (χ1n) is 12.6. The van der Waals surface area contributed by atoms with E-state index < -0.39 is 0 Å². The summed E-state index contributed by atoms with van der Waals surface area (Å²) >= 11 is 0. The third-order valence-corrected chi connectivity index (χ3v) is 8.52. The lowest BCUT2D eigenvalue weighted by Crippen LogP contribution is -2.25. The van der Waals surface area contributed by atoms with Crippen molar-refractivity contribution >= 4 is 17.1 Å². The van der Waals surface area contributed by atoms with Crippen molar-refractivity contribution in [3.63, 3.8) is 0 Å². The molecule has 2 aliphatic heterocycles. The highest BCUT2D eigenvalue weighted by Crippen LogP contribution is 2.53. The Morgan fingerprint density at radius 2 is 1.03 bits per heavy atom. The molecule has 35 heavy (non-hydrogen) atoms. The second-order valence-corrected chi connectivity index (χ2v) is 10.4. The first kappa shape index (κ1) is 18.2. The smallest absolute Gasteiger partial charge is 0.0563 e. The zero-order chi connectivity index (χ0) is 22.7. The average Bonchev–Trinajstić information content (AvgIpc) is 3.43. The number of para-hydroxylation sites is 1. The van der Waals surface area contributed by atoms with E-state index in [0.29, 0.717) is 0 Å². The van der Waals surface area contributed by atoms with E-state index in [1.807, 2.05) is 0 Å². The summed E-state index contributed by atoms with van der Waals surface area (Å²) in [5.41, 5.74) is 21.1. The Morgan fingerprint density at radius 3 is 1.86 bits per heavy atom. The highest BCUT2D eigenvalue weighted by Gasteiger charge is 2.34. The second kappa shape index (κ2) is 6.28. The van der Waals surface area contributed by atoms with Gasteiger partial charge in [-0.2, -0.15) is 0 Å². The summed E-state index contributed by atoms with van der Waals surface area (Å²) in [5.74, 6) is 0. The van der Waals surface area contributed by atoms with Gasteiger partial charge in [0.2, 0.25) is 0 Å². The summed E-state index contributed by atoms with van der Waals surface area (Å²) in [6.45, 7) is 0. The lowest BCUT2D eigenvalue weighted by atomic mass is 9.86. The molecular weight excluding hydrogens is 424 g/mol. The summed E-state index contributed by atoms with van der Waals surface area (Å²) in [7, 11) is 0. The van der Waals surface area contributed by atoms with E-state index in [0.717, 1.165) is 25.7 Å². The fourth-order valence-electron chi connectivity index (χ4n) is 7.01. The Bertz CT molecular complexity index is 1760. The van der Waals surface area contributed by atoms with Crippen LogP contribution in [0, 0.1) is 0 Å². The Kier molecular flexibility index (Phi) is 3.27. The van der Waals surface area contributed by atoms with E-state index in [1.165, 1.54) is 83.8 Å². The molecular formula is C33H22N2. The van der Waals surface area contributed by atoms with Crippen molar-refractivity contribution in [3.05, 3.63) is 130 Å². The number of aromatic nitrogens is 1. The van der Waals surface area contributed by atoms with Crippen LogP contribution in [0.5, 0.6) is 0 Å². The van der Waals surface area contributed by atoms with Crippen molar-refractivity contribution in [2.75, 3.05) is 4.90 Å². The van der Waals surface area contributed by atoms with E-state index in [9.17, 15) is 0 Å². The van der Waals surface area contributed by atoms with Crippen molar-refractivity contribution in [2.45, 2.75) is 25.7 Å². The molecule has 0 atom stereocenters. The fourth-order valence-corrected chi connectivity index (χ4v) is 7.01. The number of anilines is 3. The molecule has 2 nitrogen and oxygen atoms in total. The molecule has 0 saturated heterocycles.